The van der Waals surface area contributed by atoms with Crippen LogP contribution in [0.4, 0.5) is 8.78 Å². The minimum atomic E-state index is -0.836. The molecule has 32 heavy (non-hydrogen) atoms. The number of aryl methyl sites for hydroxylation is 2. The topological polar surface area (TPSA) is 0 Å². The molecule has 0 heterocycles. The van der Waals surface area contributed by atoms with Crippen LogP contribution in [-0.2, 0) is 12.8 Å². The molecule has 0 unspecified atom stereocenters. The van der Waals surface area contributed by atoms with Crippen molar-refractivity contribution in [2.24, 2.45) is 0 Å². The molecular formula is C30H30F2. The maximum absolute atomic E-state index is 14.8. The summed E-state index contributed by atoms with van der Waals surface area (Å²) in [7, 11) is 0. The highest BCUT2D eigenvalue weighted by molar-refractivity contribution is 5.83. The van der Waals surface area contributed by atoms with Gasteiger partial charge in [0.25, 0.3) is 0 Å². The van der Waals surface area contributed by atoms with Crippen molar-refractivity contribution in [1.82, 2.24) is 0 Å². The van der Waals surface area contributed by atoms with Crippen LogP contribution in [-0.4, -0.2) is 0 Å². The van der Waals surface area contributed by atoms with Crippen LogP contribution < -0.4 is 0 Å². The summed E-state index contributed by atoms with van der Waals surface area (Å²) in [6, 6.07) is 22.3. The molecule has 0 fully saturated rings. The summed E-state index contributed by atoms with van der Waals surface area (Å²) in [4.78, 5) is 0. The lowest BCUT2D eigenvalue weighted by molar-refractivity contribution is 0.700. The van der Waals surface area contributed by atoms with Gasteiger partial charge in [0, 0.05) is 11.1 Å². The van der Waals surface area contributed by atoms with Gasteiger partial charge in [-0.15, -0.1) is 0 Å². The third-order valence-corrected chi connectivity index (χ3v) is 5.50. The van der Waals surface area contributed by atoms with Crippen LogP contribution in [0.2, 0.25) is 0 Å². The number of allylic oxidation sites excluding steroid dienone is 4. The van der Waals surface area contributed by atoms with Crippen molar-refractivity contribution in [2.75, 3.05) is 0 Å². The molecule has 0 radical (unpaired) electrons. The second-order valence-corrected chi connectivity index (χ2v) is 7.81. The maximum Gasteiger partial charge on any atom is 0.166 e. The van der Waals surface area contributed by atoms with E-state index < -0.39 is 11.7 Å². The first-order valence-electron chi connectivity index (χ1n) is 11.2. The Kier molecular flexibility index (Phi) is 8.74. The summed E-state index contributed by atoms with van der Waals surface area (Å²) < 4.78 is 29.5. The van der Waals surface area contributed by atoms with Gasteiger partial charge in [-0.1, -0.05) is 97.1 Å². The first-order valence-corrected chi connectivity index (χ1v) is 11.2. The van der Waals surface area contributed by atoms with Crippen LogP contribution in [0.25, 0.3) is 22.8 Å². The first-order chi connectivity index (χ1) is 15.6. The van der Waals surface area contributed by atoms with Gasteiger partial charge >= 0.3 is 0 Å². The summed E-state index contributed by atoms with van der Waals surface area (Å²) in [6.07, 6.45) is 12.2. The molecule has 0 bridgehead atoms. The fourth-order valence-electron chi connectivity index (χ4n) is 3.58. The Morgan fingerprint density at radius 2 is 0.906 bits per heavy atom. The molecule has 0 aromatic heterocycles. The quantitative estimate of drug-likeness (QED) is 0.235. The van der Waals surface area contributed by atoms with Gasteiger partial charge in [-0.3, -0.25) is 0 Å². The summed E-state index contributed by atoms with van der Waals surface area (Å²) in [5, 5.41) is 0. The molecule has 3 aromatic rings. The van der Waals surface area contributed by atoms with Gasteiger partial charge in [0.2, 0.25) is 0 Å². The number of rotatable bonds is 9. The Hall–Kier alpha value is -3.26. The van der Waals surface area contributed by atoms with E-state index in [4.69, 9.17) is 0 Å². The van der Waals surface area contributed by atoms with Crippen LogP contribution in [0, 0.1) is 0 Å². The van der Waals surface area contributed by atoms with Crippen LogP contribution in [0.15, 0.2) is 97.1 Å². The minimum absolute atomic E-state index is 0.242. The average Bonchev–Trinajstić information content (AvgIpc) is 2.84. The average molecular weight is 429 g/mol. The second-order valence-electron chi connectivity index (χ2n) is 7.81. The van der Waals surface area contributed by atoms with E-state index in [1.807, 2.05) is 44.2 Å². The number of hydrogen-bond donors (Lipinski definition) is 0. The Labute approximate surface area is 190 Å². The third kappa shape index (κ3) is 6.37. The molecule has 164 valence electrons. The van der Waals surface area contributed by atoms with Crippen molar-refractivity contribution in [3.05, 3.63) is 119 Å². The van der Waals surface area contributed by atoms with Crippen LogP contribution >= 0.6 is 0 Å². The molecule has 0 saturated heterocycles. The zero-order valence-corrected chi connectivity index (χ0v) is 18.8. The normalized spacial score (nSPS) is 12.5. The van der Waals surface area contributed by atoms with Crippen molar-refractivity contribution in [2.45, 2.75) is 39.5 Å². The highest BCUT2D eigenvalue weighted by Gasteiger charge is 2.12. The monoisotopic (exact) mass is 428 g/mol. The molecule has 0 nitrogen and oxygen atoms in total. The number of hydrogen-bond acceptors (Lipinski definition) is 0. The zero-order chi connectivity index (χ0) is 22.8. The highest BCUT2D eigenvalue weighted by Crippen LogP contribution is 2.30. The van der Waals surface area contributed by atoms with Crippen molar-refractivity contribution in [1.29, 1.82) is 0 Å². The Morgan fingerprint density at radius 3 is 1.31 bits per heavy atom. The number of benzene rings is 3. The van der Waals surface area contributed by atoms with Gasteiger partial charge in [-0.05, 0) is 61.8 Å². The van der Waals surface area contributed by atoms with Crippen molar-refractivity contribution in [3.8, 4) is 11.1 Å². The lowest BCUT2D eigenvalue weighted by Gasteiger charge is -2.07. The van der Waals surface area contributed by atoms with Crippen molar-refractivity contribution >= 4 is 11.7 Å². The lowest BCUT2D eigenvalue weighted by Crippen LogP contribution is -1.88. The number of halogens is 2. The molecule has 2 heteroatoms. The standard InChI is InChI=1S/C30H30F2/c1-3-5-7-9-23-11-15-25(16-12-23)26-19-21-28(22-20-26)30(32)29(31)27-17-13-24(14-18-27)10-8-6-4-2/h3-6,11-22H,7-10H2,1-2H3/b5-3+,6-4+,30-29+. The van der Waals surface area contributed by atoms with Crippen LogP contribution in [0.5, 0.6) is 0 Å². The molecular weight excluding hydrogens is 398 g/mol. The van der Waals surface area contributed by atoms with E-state index >= 15 is 0 Å². The maximum atomic E-state index is 14.8. The second kappa shape index (κ2) is 12.0. The molecule has 0 aliphatic heterocycles. The minimum Gasteiger partial charge on any atom is -0.203 e. The summed E-state index contributed by atoms with van der Waals surface area (Å²) in [5.74, 6) is -1.67. The zero-order valence-electron chi connectivity index (χ0n) is 18.8. The van der Waals surface area contributed by atoms with E-state index in [9.17, 15) is 8.78 Å². The van der Waals surface area contributed by atoms with Gasteiger partial charge in [0.1, 0.15) is 0 Å². The predicted molar refractivity (Wildman–Crippen MR) is 134 cm³/mol. The van der Waals surface area contributed by atoms with E-state index in [0.717, 1.165) is 42.4 Å². The van der Waals surface area contributed by atoms with Gasteiger partial charge in [-0.25, -0.2) is 8.78 Å². The molecule has 0 atom stereocenters. The van der Waals surface area contributed by atoms with Gasteiger partial charge in [-0.2, -0.15) is 0 Å². The van der Waals surface area contributed by atoms with E-state index in [2.05, 4.69) is 42.5 Å². The van der Waals surface area contributed by atoms with Crippen molar-refractivity contribution < 1.29 is 8.78 Å². The molecule has 3 rings (SSSR count). The Balaban J connectivity index is 1.71. The van der Waals surface area contributed by atoms with E-state index in [0.29, 0.717) is 0 Å². The van der Waals surface area contributed by atoms with Gasteiger partial charge in [0.15, 0.2) is 11.7 Å². The molecule has 0 saturated carbocycles. The Bertz CT molecular complexity index is 1070. The summed E-state index contributed by atoms with van der Waals surface area (Å²) >= 11 is 0. The van der Waals surface area contributed by atoms with Gasteiger partial charge in [0.05, 0.1) is 0 Å². The Morgan fingerprint density at radius 1 is 0.562 bits per heavy atom. The lowest BCUT2D eigenvalue weighted by atomic mass is 10.00. The van der Waals surface area contributed by atoms with E-state index in [-0.39, 0.29) is 11.1 Å². The predicted octanol–water partition coefficient (Wildman–Crippen LogP) is 9.14. The molecule has 0 spiro atoms. The highest BCUT2D eigenvalue weighted by atomic mass is 19.2. The molecule has 3 aromatic carbocycles. The third-order valence-electron chi connectivity index (χ3n) is 5.50. The van der Waals surface area contributed by atoms with Gasteiger partial charge < -0.3 is 0 Å². The van der Waals surface area contributed by atoms with E-state index in [1.165, 1.54) is 5.56 Å². The largest absolute Gasteiger partial charge is 0.203 e. The molecule has 0 aliphatic carbocycles. The smallest absolute Gasteiger partial charge is 0.166 e. The molecule has 0 amide bonds. The van der Waals surface area contributed by atoms with Crippen LogP contribution in [0.1, 0.15) is 48.9 Å². The fourth-order valence-corrected chi connectivity index (χ4v) is 3.58. The first kappa shape index (κ1) is 23.4. The van der Waals surface area contributed by atoms with Crippen molar-refractivity contribution in [3.63, 3.8) is 0 Å². The van der Waals surface area contributed by atoms with Crippen LogP contribution in [0.3, 0.4) is 0 Å². The SMILES string of the molecule is C/C=C/CCc1ccc(/C(F)=C(\F)c2ccc(-c3ccc(CC/C=C/C)cc3)cc2)cc1. The fraction of sp³-hybridized carbons (Fsp3) is 0.200. The molecule has 0 N–H and O–H groups in total. The summed E-state index contributed by atoms with van der Waals surface area (Å²) in [5.41, 5.74) is 4.93. The molecule has 0 aliphatic rings. The summed E-state index contributed by atoms with van der Waals surface area (Å²) in [6.45, 7) is 4.02. The van der Waals surface area contributed by atoms with E-state index in [1.54, 1.807) is 24.3 Å².